The van der Waals surface area contributed by atoms with Gasteiger partial charge in [0.25, 0.3) is 0 Å². The molecular formula is C25H27N3. The SMILES string of the molecule is CC(C)(C)c1cc(-c2ccnc3ncc(C(C)(C)C)cc23)c2cccnc2c1. The number of benzene rings is 1. The van der Waals surface area contributed by atoms with Gasteiger partial charge < -0.3 is 0 Å². The van der Waals surface area contributed by atoms with E-state index >= 15 is 0 Å². The largest absolute Gasteiger partial charge is 0.256 e. The summed E-state index contributed by atoms with van der Waals surface area (Å²) in [5, 5.41) is 2.25. The van der Waals surface area contributed by atoms with Crippen molar-refractivity contribution in [2.24, 2.45) is 0 Å². The van der Waals surface area contributed by atoms with E-state index in [-0.39, 0.29) is 10.8 Å². The van der Waals surface area contributed by atoms with Crippen molar-refractivity contribution in [3.8, 4) is 11.1 Å². The maximum atomic E-state index is 4.66. The third kappa shape index (κ3) is 3.26. The van der Waals surface area contributed by atoms with Crippen LogP contribution in [0.5, 0.6) is 0 Å². The predicted molar refractivity (Wildman–Crippen MR) is 118 cm³/mol. The van der Waals surface area contributed by atoms with Crippen LogP contribution in [-0.4, -0.2) is 15.0 Å². The molecule has 4 aromatic rings. The smallest absolute Gasteiger partial charge is 0.159 e. The van der Waals surface area contributed by atoms with Crippen LogP contribution in [0.2, 0.25) is 0 Å². The molecule has 3 nitrogen and oxygen atoms in total. The molecule has 0 unspecified atom stereocenters. The van der Waals surface area contributed by atoms with Crippen molar-refractivity contribution in [1.29, 1.82) is 0 Å². The van der Waals surface area contributed by atoms with Gasteiger partial charge in [0.05, 0.1) is 5.52 Å². The van der Waals surface area contributed by atoms with Crippen LogP contribution in [0.1, 0.15) is 52.7 Å². The third-order valence-electron chi connectivity index (χ3n) is 5.34. The Kier molecular flexibility index (Phi) is 4.22. The van der Waals surface area contributed by atoms with E-state index in [4.69, 9.17) is 0 Å². The highest BCUT2D eigenvalue weighted by Crippen LogP contribution is 2.37. The first-order valence-electron chi connectivity index (χ1n) is 9.79. The number of hydrogen-bond donors (Lipinski definition) is 0. The molecule has 3 heteroatoms. The van der Waals surface area contributed by atoms with Gasteiger partial charge in [0.1, 0.15) is 0 Å². The van der Waals surface area contributed by atoms with Crippen LogP contribution in [-0.2, 0) is 10.8 Å². The van der Waals surface area contributed by atoms with E-state index in [9.17, 15) is 0 Å². The van der Waals surface area contributed by atoms with Crippen LogP contribution in [0.3, 0.4) is 0 Å². The van der Waals surface area contributed by atoms with Crippen LogP contribution < -0.4 is 0 Å². The first kappa shape index (κ1) is 18.5. The average molecular weight is 370 g/mol. The zero-order valence-electron chi connectivity index (χ0n) is 17.5. The van der Waals surface area contributed by atoms with Gasteiger partial charge in [0.15, 0.2) is 5.65 Å². The average Bonchev–Trinajstić information content (AvgIpc) is 2.65. The van der Waals surface area contributed by atoms with Gasteiger partial charge in [0.2, 0.25) is 0 Å². The van der Waals surface area contributed by atoms with Crippen LogP contribution in [0.25, 0.3) is 33.1 Å². The molecule has 0 saturated carbocycles. The quantitative estimate of drug-likeness (QED) is 0.387. The van der Waals surface area contributed by atoms with E-state index < -0.39 is 0 Å². The fourth-order valence-electron chi connectivity index (χ4n) is 3.51. The molecule has 0 saturated heterocycles. The van der Waals surface area contributed by atoms with E-state index in [1.54, 1.807) is 0 Å². The topological polar surface area (TPSA) is 38.7 Å². The van der Waals surface area contributed by atoms with E-state index in [1.165, 1.54) is 16.7 Å². The first-order valence-corrected chi connectivity index (χ1v) is 9.79. The van der Waals surface area contributed by atoms with E-state index in [0.29, 0.717) is 0 Å². The molecule has 1 aromatic carbocycles. The fourth-order valence-corrected chi connectivity index (χ4v) is 3.51. The normalized spacial score (nSPS) is 12.6. The van der Waals surface area contributed by atoms with E-state index in [2.05, 4.69) is 86.8 Å². The second-order valence-corrected chi connectivity index (χ2v) is 9.55. The Morgan fingerprint density at radius 2 is 1.39 bits per heavy atom. The van der Waals surface area contributed by atoms with Crippen LogP contribution in [0.15, 0.2) is 55.0 Å². The summed E-state index contributed by atoms with van der Waals surface area (Å²) in [5.74, 6) is 0. The molecule has 142 valence electrons. The van der Waals surface area contributed by atoms with Gasteiger partial charge in [-0.3, -0.25) is 4.98 Å². The second-order valence-electron chi connectivity index (χ2n) is 9.55. The molecule has 0 fully saturated rings. The monoisotopic (exact) mass is 369 g/mol. The highest BCUT2D eigenvalue weighted by Gasteiger charge is 2.20. The Labute approximate surface area is 166 Å². The summed E-state index contributed by atoms with van der Waals surface area (Å²) in [7, 11) is 0. The zero-order valence-corrected chi connectivity index (χ0v) is 17.5. The minimum absolute atomic E-state index is 0.0329. The number of aromatic nitrogens is 3. The van der Waals surface area contributed by atoms with Crippen molar-refractivity contribution in [3.63, 3.8) is 0 Å². The molecular weight excluding hydrogens is 342 g/mol. The molecule has 28 heavy (non-hydrogen) atoms. The Balaban J connectivity index is 2.09. The molecule has 0 aliphatic carbocycles. The number of pyridine rings is 3. The minimum atomic E-state index is 0.0329. The molecule has 0 radical (unpaired) electrons. The molecule has 3 aromatic heterocycles. The lowest BCUT2D eigenvalue weighted by Crippen LogP contribution is -2.12. The van der Waals surface area contributed by atoms with E-state index in [1.807, 2.05) is 24.7 Å². The Morgan fingerprint density at radius 3 is 2.11 bits per heavy atom. The van der Waals surface area contributed by atoms with Crippen molar-refractivity contribution in [1.82, 2.24) is 15.0 Å². The summed E-state index contributed by atoms with van der Waals surface area (Å²) in [6.45, 7) is 13.4. The summed E-state index contributed by atoms with van der Waals surface area (Å²) >= 11 is 0. The third-order valence-corrected chi connectivity index (χ3v) is 5.34. The molecule has 0 N–H and O–H groups in total. The molecule has 0 spiro atoms. The number of hydrogen-bond acceptors (Lipinski definition) is 3. The highest BCUT2D eigenvalue weighted by molar-refractivity contribution is 6.03. The van der Waals surface area contributed by atoms with Gasteiger partial charge in [-0.1, -0.05) is 47.6 Å². The molecule has 0 aliphatic heterocycles. The lowest BCUT2D eigenvalue weighted by atomic mass is 9.83. The number of nitrogens with zero attached hydrogens (tertiary/aromatic N) is 3. The molecule has 0 amide bonds. The maximum absolute atomic E-state index is 4.66. The van der Waals surface area contributed by atoms with Crippen molar-refractivity contribution < 1.29 is 0 Å². The van der Waals surface area contributed by atoms with Crippen molar-refractivity contribution in [2.75, 3.05) is 0 Å². The standard InChI is InChI=1S/C25H27N3/c1-24(2,3)16-12-20(19-8-7-10-26-22(19)14-16)18-9-11-27-23-21(18)13-17(15-28-23)25(4,5)6/h7-15H,1-6H3. The molecule has 0 aliphatic rings. The zero-order chi connectivity index (χ0) is 20.1. The summed E-state index contributed by atoms with van der Waals surface area (Å²) in [6.07, 6.45) is 5.67. The van der Waals surface area contributed by atoms with Gasteiger partial charge >= 0.3 is 0 Å². The van der Waals surface area contributed by atoms with Gasteiger partial charge in [0, 0.05) is 29.4 Å². The maximum Gasteiger partial charge on any atom is 0.159 e. The van der Waals surface area contributed by atoms with Gasteiger partial charge in [-0.05, 0) is 63.4 Å². The first-order chi connectivity index (χ1) is 13.1. The lowest BCUT2D eigenvalue weighted by Gasteiger charge is -2.22. The molecule has 0 atom stereocenters. The summed E-state index contributed by atoms with van der Waals surface area (Å²) in [5.41, 5.74) is 6.72. The van der Waals surface area contributed by atoms with Crippen LogP contribution >= 0.6 is 0 Å². The summed E-state index contributed by atoms with van der Waals surface area (Å²) in [6, 6.07) is 13.0. The van der Waals surface area contributed by atoms with Crippen LogP contribution in [0, 0.1) is 0 Å². The minimum Gasteiger partial charge on any atom is -0.256 e. The molecule has 4 rings (SSSR count). The Hall–Kier alpha value is -2.81. The number of rotatable bonds is 1. The van der Waals surface area contributed by atoms with Gasteiger partial charge in [-0.2, -0.15) is 0 Å². The second kappa shape index (κ2) is 6.37. The Morgan fingerprint density at radius 1 is 0.643 bits per heavy atom. The van der Waals surface area contributed by atoms with Crippen molar-refractivity contribution in [2.45, 2.75) is 52.4 Å². The van der Waals surface area contributed by atoms with Crippen molar-refractivity contribution >= 4 is 21.9 Å². The predicted octanol–water partition coefficient (Wildman–Crippen LogP) is 6.44. The van der Waals surface area contributed by atoms with Crippen LogP contribution in [0.4, 0.5) is 0 Å². The molecule has 3 heterocycles. The van der Waals surface area contributed by atoms with Gasteiger partial charge in [-0.25, -0.2) is 9.97 Å². The molecule has 0 bridgehead atoms. The fraction of sp³-hybridized carbons (Fsp3) is 0.320. The van der Waals surface area contributed by atoms with Gasteiger partial charge in [-0.15, -0.1) is 0 Å². The van der Waals surface area contributed by atoms with E-state index in [0.717, 1.165) is 27.5 Å². The highest BCUT2D eigenvalue weighted by atomic mass is 14.8. The number of fused-ring (bicyclic) bond motifs is 2. The van der Waals surface area contributed by atoms with Crippen molar-refractivity contribution in [3.05, 3.63) is 66.1 Å². The lowest BCUT2D eigenvalue weighted by molar-refractivity contribution is 0.588. The summed E-state index contributed by atoms with van der Waals surface area (Å²) < 4.78 is 0. The Bertz CT molecular complexity index is 1180. The summed E-state index contributed by atoms with van der Waals surface area (Å²) in [4.78, 5) is 13.8.